The van der Waals surface area contributed by atoms with Crippen LogP contribution >= 0.6 is 0 Å². The summed E-state index contributed by atoms with van der Waals surface area (Å²) in [5.74, 6) is 3.70. The molecule has 0 radical (unpaired) electrons. The van der Waals surface area contributed by atoms with E-state index in [1.807, 2.05) is 6.08 Å². The molecule has 3 saturated carbocycles. The van der Waals surface area contributed by atoms with Crippen LogP contribution in [0, 0.1) is 40.4 Å². The number of carbonyl (C=O) groups excluding carboxylic acids is 1. The third-order valence-electron chi connectivity index (χ3n) is 8.51. The molecular weight excluding hydrogens is 284 g/mol. The Morgan fingerprint density at radius 1 is 1.17 bits per heavy atom. The van der Waals surface area contributed by atoms with Crippen molar-refractivity contribution in [1.29, 1.82) is 0 Å². The zero-order valence-corrected chi connectivity index (χ0v) is 15.1. The SMILES string of the molecule is CC1CC2=CC(=O)CCC2(C)C2C(C)CC3(C)C(O)CCC3C12. The van der Waals surface area contributed by atoms with Gasteiger partial charge in [0, 0.05) is 6.42 Å². The molecule has 0 aliphatic heterocycles. The third kappa shape index (κ3) is 2.00. The van der Waals surface area contributed by atoms with Gasteiger partial charge in [0.25, 0.3) is 0 Å². The molecule has 0 aromatic rings. The quantitative estimate of drug-likeness (QED) is 0.720. The number of rotatable bonds is 0. The predicted molar refractivity (Wildman–Crippen MR) is 91.8 cm³/mol. The Labute approximate surface area is 140 Å². The average molecular weight is 316 g/mol. The lowest BCUT2D eigenvalue weighted by molar-refractivity contribution is -0.128. The van der Waals surface area contributed by atoms with E-state index in [0.29, 0.717) is 29.5 Å². The molecule has 2 heteroatoms. The molecule has 0 bridgehead atoms. The second kappa shape index (κ2) is 4.94. The Kier molecular flexibility index (Phi) is 3.41. The van der Waals surface area contributed by atoms with Crippen molar-refractivity contribution in [2.24, 2.45) is 40.4 Å². The predicted octanol–water partition coefficient (Wildman–Crippen LogP) is 4.37. The highest BCUT2D eigenvalue weighted by Gasteiger charge is 2.62. The molecular formula is C21H32O2. The first kappa shape index (κ1) is 15.9. The van der Waals surface area contributed by atoms with Crippen molar-refractivity contribution in [2.45, 2.75) is 72.3 Å². The molecule has 0 amide bonds. The Bertz CT molecular complexity index is 564. The lowest BCUT2D eigenvalue weighted by Gasteiger charge is -2.62. The van der Waals surface area contributed by atoms with Crippen LogP contribution in [0.3, 0.4) is 0 Å². The Morgan fingerprint density at radius 3 is 2.65 bits per heavy atom. The van der Waals surface area contributed by atoms with Gasteiger partial charge in [-0.05, 0) is 78.6 Å². The van der Waals surface area contributed by atoms with Crippen LogP contribution in [0.1, 0.15) is 66.2 Å². The second-order valence-electron chi connectivity index (χ2n) is 9.72. The molecule has 4 aliphatic rings. The van der Waals surface area contributed by atoms with E-state index in [0.717, 1.165) is 38.0 Å². The van der Waals surface area contributed by atoms with Gasteiger partial charge >= 0.3 is 0 Å². The van der Waals surface area contributed by atoms with Crippen LogP contribution in [0.2, 0.25) is 0 Å². The number of carbonyl (C=O) groups is 1. The number of hydrogen-bond acceptors (Lipinski definition) is 2. The molecule has 0 saturated heterocycles. The second-order valence-corrected chi connectivity index (χ2v) is 9.72. The average Bonchev–Trinajstić information content (AvgIpc) is 2.76. The standard InChI is InChI=1S/C21H32O2/c1-12-9-14-10-15(22)7-8-20(14,3)19-13(2)11-21(4)16(18(12)19)5-6-17(21)23/h10,12-13,16-19,23H,5-9,11H2,1-4H3. The van der Waals surface area contributed by atoms with Crippen molar-refractivity contribution in [3.63, 3.8) is 0 Å². The molecule has 3 fully saturated rings. The lowest BCUT2D eigenvalue weighted by Crippen LogP contribution is -2.56. The molecule has 0 aromatic heterocycles. The summed E-state index contributed by atoms with van der Waals surface area (Å²) < 4.78 is 0. The van der Waals surface area contributed by atoms with Gasteiger partial charge in [-0.1, -0.05) is 33.3 Å². The van der Waals surface area contributed by atoms with Gasteiger partial charge < -0.3 is 5.11 Å². The maximum Gasteiger partial charge on any atom is 0.155 e. The Morgan fingerprint density at radius 2 is 1.91 bits per heavy atom. The van der Waals surface area contributed by atoms with E-state index in [2.05, 4.69) is 27.7 Å². The van der Waals surface area contributed by atoms with Crippen LogP contribution in [0.25, 0.3) is 0 Å². The number of fused-ring (bicyclic) bond motifs is 5. The molecule has 0 heterocycles. The molecule has 8 unspecified atom stereocenters. The summed E-state index contributed by atoms with van der Waals surface area (Å²) in [5.41, 5.74) is 1.78. The monoisotopic (exact) mass is 316 g/mol. The van der Waals surface area contributed by atoms with E-state index in [4.69, 9.17) is 0 Å². The summed E-state index contributed by atoms with van der Waals surface area (Å²) in [6, 6.07) is 0. The van der Waals surface area contributed by atoms with Crippen molar-refractivity contribution >= 4 is 5.78 Å². The number of aliphatic hydroxyl groups excluding tert-OH is 1. The summed E-state index contributed by atoms with van der Waals surface area (Å²) in [6.07, 6.45) is 8.10. The normalized spacial score (nSPS) is 55.7. The van der Waals surface area contributed by atoms with E-state index in [1.165, 1.54) is 12.0 Å². The number of ketones is 1. The van der Waals surface area contributed by atoms with Gasteiger partial charge in [0.1, 0.15) is 0 Å². The topological polar surface area (TPSA) is 37.3 Å². The van der Waals surface area contributed by atoms with Gasteiger partial charge in [-0.2, -0.15) is 0 Å². The van der Waals surface area contributed by atoms with E-state index in [1.54, 1.807) is 0 Å². The molecule has 0 spiro atoms. The molecule has 2 nitrogen and oxygen atoms in total. The molecule has 23 heavy (non-hydrogen) atoms. The van der Waals surface area contributed by atoms with E-state index >= 15 is 0 Å². The van der Waals surface area contributed by atoms with Gasteiger partial charge in [-0.25, -0.2) is 0 Å². The molecule has 128 valence electrons. The number of allylic oxidation sites excluding steroid dienone is 1. The van der Waals surface area contributed by atoms with E-state index in [-0.39, 0.29) is 16.9 Å². The van der Waals surface area contributed by atoms with Crippen molar-refractivity contribution in [1.82, 2.24) is 0 Å². The maximum atomic E-state index is 12.0. The molecule has 4 rings (SSSR count). The smallest absolute Gasteiger partial charge is 0.155 e. The molecule has 8 atom stereocenters. The van der Waals surface area contributed by atoms with Crippen molar-refractivity contribution < 1.29 is 9.90 Å². The van der Waals surface area contributed by atoms with Gasteiger partial charge in [-0.15, -0.1) is 0 Å². The van der Waals surface area contributed by atoms with E-state index in [9.17, 15) is 9.90 Å². The fourth-order valence-corrected chi connectivity index (χ4v) is 7.55. The van der Waals surface area contributed by atoms with Crippen LogP contribution in [0.15, 0.2) is 11.6 Å². The highest BCUT2D eigenvalue weighted by molar-refractivity contribution is 5.91. The van der Waals surface area contributed by atoms with Gasteiger partial charge in [0.2, 0.25) is 0 Å². The zero-order valence-electron chi connectivity index (χ0n) is 15.1. The summed E-state index contributed by atoms with van der Waals surface area (Å²) >= 11 is 0. The Hall–Kier alpha value is -0.630. The van der Waals surface area contributed by atoms with Crippen LogP contribution in [-0.2, 0) is 4.79 Å². The van der Waals surface area contributed by atoms with Gasteiger partial charge in [0.15, 0.2) is 5.78 Å². The molecule has 0 aromatic carbocycles. The lowest BCUT2D eigenvalue weighted by atomic mass is 9.43. The number of aliphatic hydroxyl groups is 1. The zero-order chi connectivity index (χ0) is 16.6. The van der Waals surface area contributed by atoms with Crippen LogP contribution in [0.5, 0.6) is 0 Å². The van der Waals surface area contributed by atoms with Crippen molar-refractivity contribution in [2.75, 3.05) is 0 Å². The maximum absolute atomic E-state index is 12.0. The minimum absolute atomic E-state index is 0.110. The fourth-order valence-electron chi connectivity index (χ4n) is 7.55. The minimum Gasteiger partial charge on any atom is -0.393 e. The fraction of sp³-hybridized carbons (Fsp3) is 0.857. The van der Waals surface area contributed by atoms with Gasteiger partial charge in [0.05, 0.1) is 6.10 Å². The van der Waals surface area contributed by atoms with E-state index < -0.39 is 0 Å². The highest BCUT2D eigenvalue weighted by Crippen LogP contribution is 2.67. The van der Waals surface area contributed by atoms with Crippen molar-refractivity contribution in [3.8, 4) is 0 Å². The largest absolute Gasteiger partial charge is 0.393 e. The first-order valence-corrected chi connectivity index (χ1v) is 9.69. The highest BCUT2D eigenvalue weighted by atomic mass is 16.3. The summed E-state index contributed by atoms with van der Waals surface area (Å²) in [5, 5.41) is 10.7. The first-order valence-electron chi connectivity index (χ1n) is 9.69. The van der Waals surface area contributed by atoms with Gasteiger partial charge in [-0.3, -0.25) is 4.79 Å². The molecule has 1 N–H and O–H groups in total. The summed E-state index contributed by atoms with van der Waals surface area (Å²) in [7, 11) is 0. The third-order valence-corrected chi connectivity index (χ3v) is 8.51. The molecule has 4 aliphatic carbocycles. The number of hydrogen-bond donors (Lipinski definition) is 1. The first-order chi connectivity index (χ1) is 10.8. The van der Waals surface area contributed by atoms with Crippen LogP contribution in [0.4, 0.5) is 0 Å². The van der Waals surface area contributed by atoms with Crippen LogP contribution in [-0.4, -0.2) is 17.0 Å². The summed E-state index contributed by atoms with van der Waals surface area (Å²) in [6.45, 7) is 9.62. The summed E-state index contributed by atoms with van der Waals surface area (Å²) in [4.78, 5) is 12.0. The Balaban J connectivity index is 1.79. The van der Waals surface area contributed by atoms with Crippen molar-refractivity contribution in [3.05, 3.63) is 11.6 Å². The minimum atomic E-state index is -0.110. The van der Waals surface area contributed by atoms with Crippen LogP contribution < -0.4 is 0 Å².